The van der Waals surface area contributed by atoms with Gasteiger partial charge in [0.2, 0.25) is 5.91 Å². The average Bonchev–Trinajstić information content (AvgIpc) is 3.35. The van der Waals surface area contributed by atoms with Crippen LogP contribution in [0.25, 0.3) is 5.69 Å². The summed E-state index contributed by atoms with van der Waals surface area (Å²) in [4.78, 5) is 31.7. The fourth-order valence-electron chi connectivity index (χ4n) is 3.30. The number of para-hydroxylation sites is 1. The number of carbonyl (C=O) groups excluding carboxylic acids is 2. The molecule has 0 aliphatic carbocycles. The summed E-state index contributed by atoms with van der Waals surface area (Å²) in [5.41, 5.74) is -2.17. The van der Waals surface area contributed by atoms with Crippen molar-refractivity contribution in [1.29, 1.82) is 0 Å². The summed E-state index contributed by atoms with van der Waals surface area (Å²) in [6, 6.07) is 12.1. The highest BCUT2D eigenvalue weighted by atomic mass is 35.5. The van der Waals surface area contributed by atoms with E-state index in [4.69, 9.17) is 16.3 Å². The molecule has 2 heterocycles. The Morgan fingerprint density at radius 1 is 1.03 bits per heavy atom. The van der Waals surface area contributed by atoms with E-state index in [0.29, 0.717) is 0 Å². The van der Waals surface area contributed by atoms with Gasteiger partial charge in [-0.05, 0) is 30.3 Å². The van der Waals surface area contributed by atoms with E-state index in [9.17, 15) is 27.2 Å². The molecule has 2 aromatic carbocycles. The van der Waals surface area contributed by atoms with E-state index < -0.39 is 35.2 Å². The van der Waals surface area contributed by atoms with Gasteiger partial charge in [0.25, 0.3) is 5.91 Å². The molecule has 2 N–H and O–H groups in total. The van der Waals surface area contributed by atoms with Crippen molar-refractivity contribution in [3.05, 3.63) is 102 Å². The first-order valence-corrected chi connectivity index (χ1v) is 11.0. The minimum absolute atomic E-state index is 0.0435. The third-order valence-corrected chi connectivity index (χ3v) is 5.34. The molecule has 13 heteroatoms. The second-order valence-electron chi connectivity index (χ2n) is 7.51. The van der Waals surface area contributed by atoms with Crippen molar-refractivity contribution < 1.29 is 31.9 Å². The number of hydrogen-bond donors (Lipinski definition) is 2. The minimum Gasteiger partial charge on any atom is -0.453 e. The molecule has 2 amide bonds. The van der Waals surface area contributed by atoms with Gasteiger partial charge in [0, 0.05) is 29.7 Å². The summed E-state index contributed by atoms with van der Waals surface area (Å²) in [5.74, 6) is -3.14. The minimum atomic E-state index is -4.91. The zero-order chi connectivity index (χ0) is 27.4. The normalized spacial score (nSPS) is 11.1. The molecule has 0 radical (unpaired) electrons. The number of benzene rings is 2. The molecule has 0 aliphatic heterocycles. The number of ether oxygens (including phenoxy) is 1. The van der Waals surface area contributed by atoms with Crippen LogP contribution in [0.2, 0.25) is 5.02 Å². The molecule has 0 bridgehead atoms. The Morgan fingerprint density at radius 3 is 2.42 bits per heavy atom. The maximum atomic E-state index is 14.8. The van der Waals surface area contributed by atoms with E-state index in [1.54, 1.807) is 18.2 Å². The van der Waals surface area contributed by atoms with Gasteiger partial charge >= 0.3 is 6.18 Å². The molecule has 38 heavy (non-hydrogen) atoms. The van der Waals surface area contributed by atoms with Crippen molar-refractivity contribution >= 4 is 34.9 Å². The third kappa shape index (κ3) is 5.65. The van der Waals surface area contributed by atoms with Crippen LogP contribution in [0.4, 0.5) is 29.1 Å². The smallest absolute Gasteiger partial charge is 0.434 e. The number of aromatic nitrogens is 3. The maximum absolute atomic E-state index is 14.8. The third-order valence-electron chi connectivity index (χ3n) is 4.98. The Balaban J connectivity index is 1.56. The van der Waals surface area contributed by atoms with E-state index in [-0.39, 0.29) is 33.7 Å². The SMILES string of the molecule is C=CC(=O)Nc1nccc(Oc2ccc(NC(=O)c3ncn(-c4ccccc4)c3C(F)(F)F)cc2F)c1Cl. The number of nitrogens with zero attached hydrogens (tertiary/aromatic N) is 3. The number of pyridine rings is 1. The monoisotopic (exact) mass is 545 g/mol. The number of rotatable bonds is 7. The number of halogens is 5. The van der Waals surface area contributed by atoms with Gasteiger partial charge in [0.1, 0.15) is 11.3 Å². The highest BCUT2D eigenvalue weighted by molar-refractivity contribution is 6.35. The van der Waals surface area contributed by atoms with Crippen molar-refractivity contribution in [2.45, 2.75) is 6.18 Å². The highest BCUT2D eigenvalue weighted by Gasteiger charge is 2.40. The second-order valence-corrected chi connectivity index (χ2v) is 7.89. The number of alkyl halides is 3. The molecule has 0 fully saturated rings. The van der Waals surface area contributed by atoms with E-state index in [1.807, 2.05) is 0 Å². The maximum Gasteiger partial charge on any atom is 0.434 e. The fourth-order valence-corrected chi connectivity index (χ4v) is 3.50. The zero-order valence-electron chi connectivity index (χ0n) is 19.1. The van der Waals surface area contributed by atoms with Gasteiger partial charge in [-0.15, -0.1) is 0 Å². The number of nitrogens with one attached hydrogen (secondary N) is 2. The molecule has 0 atom stereocenters. The first-order chi connectivity index (χ1) is 18.1. The lowest BCUT2D eigenvalue weighted by Gasteiger charge is -2.14. The van der Waals surface area contributed by atoms with Crippen molar-refractivity contribution in [1.82, 2.24) is 14.5 Å². The summed E-state index contributed by atoms with van der Waals surface area (Å²) in [6.07, 6.45) is -1.76. The highest BCUT2D eigenvalue weighted by Crippen LogP contribution is 2.36. The predicted octanol–water partition coefficient (Wildman–Crippen LogP) is 6.25. The van der Waals surface area contributed by atoms with Crippen LogP contribution in [0, 0.1) is 5.82 Å². The van der Waals surface area contributed by atoms with E-state index in [0.717, 1.165) is 29.1 Å². The van der Waals surface area contributed by atoms with E-state index in [2.05, 4.69) is 27.2 Å². The Morgan fingerprint density at radius 2 is 1.76 bits per heavy atom. The molecule has 0 saturated carbocycles. The summed E-state index contributed by atoms with van der Waals surface area (Å²) >= 11 is 6.16. The van der Waals surface area contributed by atoms with Crippen LogP contribution in [0.5, 0.6) is 11.5 Å². The van der Waals surface area contributed by atoms with E-state index in [1.165, 1.54) is 30.5 Å². The van der Waals surface area contributed by atoms with Crippen LogP contribution >= 0.6 is 11.6 Å². The molecule has 4 rings (SSSR count). The summed E-state index contributed by atoms with van der Waals surface area (Å²) in [6.45, 7) is 3.31. The lowest BCUT2D eigenvalue weighted by molar-refractivity contribution is -0.142. The number of carbonyl (C=O) groups is 2. The standard InChI is InChI=1S/C25H16ClF4N5O3/c1-2-19(36)34-23-20(26)18(10-11-31-23)38-17-9-8-14(12-16(17)27)33-24(37)21-22(25(28,29)30)35(13-32-21)15-6-4-3-5-7-15/h2-13H,1H2,(H,33,37)(H,31,34,36). The first-order valence-electron chi connectivity index (χ1n) is 10.6. The average molecular weight is 546 g/mol. The largest absolute Gasteiger partial charge is 0.453 e. The number of imidazole rings is 1. The number of amides is 2. The number of hydrogen-bond acceptors (Lipinski definition) is 5. The Labute approximate surface area is 217 Å². The van der Waals surface area contributed by atoms with E-state index >= 15 is 0 Å². The first kappa shape index (κ1) is 26.4. The van der Waals surface area contributed by atoms with Crippen LogP contribution in [-0.2, 0) is 11.0 Å². The van der Waals surface area contributed by atoms with Crippen molar-refractivity contribution in [3.8, 4) is 17.2 Å². The Kier molecular flexibility index (Phi) is 7.44. The summed E-state index contributed by atoms with van der Waals surface area (Å²) in [7, 11) is 0. The molecule has 2 aromatic heterocycles. The van der Waals surface area contributed by atoms with Gasteiger partial charge in [-0.3, -0.25) is 14.2 Å². The van der Waals surface area contributed by atoms with Crippen LogP contribution in [0.15, 0.2) is 79.8 Å². The second kappa shape index (κ2) is 10.7. The van der Waals surface area contributed by atoms with Gasteiger partial charge in [-0.1, -0.05) is 36.4 Å². The predicted molar refractivity (Wildman–Crippen MR) is 131 cm³/mol. The Bertz CT molecular complexity index is 1520. The topological polar surface area (TPSA) is 98.1 Å². The quantitative estimate of drug-likeness (QED) is 0.211. The molecule has 0 unspecified atom stereocenters. The van der Waals surface area contributed by atoms with Gasteiger partial charge in [-0.2, -0.15) is 13.2 Å². The molecule has 8 nitrogen and oxygen atoms in total. The molecular weight excluding hydrogens is 530 g/mol. The van der Waals surface area contributed by atoms with Gasteiger partial charge < -0.3 is 15.4 Å². The van der Waals surface area contributed by atoms with Crippen molar-refractivity contribution in [2.24, 2.45) is 0 Å². The summed E-state index contributed by atoms with van der Waals surface area (Å²) in [5, 5.41) is 4.46. The lowest BCUT2D eigenvalue weighted by Crippen LogP contribution is -2.21. The molecular formula is C25H16ClF4N5O3. The Hall–Kier alpha value is -4.71. The molecule has 4 aromatic rings. The number of anilines is 2. The zero-order valence-corrected chi connectivity index (χ0v) is 19.8. The van der Waals surface area contributed by atoms with Crippen LogP contribution < -0.4 is 15.4 Å². The van der Waals surface area contributed by atoms with Crippen LogP contribution in [0.1, 0.15) is 16.2 Å². The van der Waals surface area contributed by atoms with Gasteiger partial charge in [0.15, 0.2) is 34.5 Å². The van der Waals surface area contributed by atoms with Crippen LogP contribution in [-0.4, -0.2) is 26.3 Å². The van der Waals surface area contributed by atoms with Gasteiger partial charge in [0.05, 0.1) is 0 Å². The fraction of sp³-hybridized carbons (Fsp3) is 0.0400. The van der Waals surface area contributed by atoms with Gasteiger partial charge in [-0.25, -0.2) is 14.4 Å². The van der Waals surface area contributed by atoms with Crippen molar-refractivity contribution in [2.75, 3.05) is 10.6 Å². The molecule has 0 saturated heterocycles. The summed E-state index contributed by atoms with van der Waals surface area (Å²) < 4.78 is 62.5. The van der Waals surface area contributed by atoms with Crippen molar-refractivity contribution in [3.63, 3.8) is 0 Å². The molecule has 0 spiro atoms. The van der Waals surface area contributed by atoms with Crippen LogP contribution in [0.3, 0.4) is 0 Å². The molecule has 0 aliphatic rings. The molecule has 194 valence electrons. The lowest BCUT2D eigenvalue weighted by atomic mass is 10.2.